The van der Waals surface area contributed by atoms with Crippen molar-refractivity contribution in [3.63, 3.8) is 0 Å². The standard InChI is InChI=1S/2C50H59BN4/c2*1-48(2,3)41-35-42(44(37-23-14-10-15-24-37)38-25-16-11-17-26-38)46(43(36-41)45(39-27-18-12-19-28-39)40-29-20-13-21-30-40)52-51(47-53(8)33-34-54(47)9)55-49(4,5)31-22-32-50(55,6)7/h2*10-21,23-30,33-36,44-45H,22,31-32H2,1-9H3. The van der Waals surface area contributed by atoms with E-state index in [1.807, 2.05) is 0 Å². The van der Waals surface area contributed by atoms with Crippen LogP contribution < -0.4 is 20.6 Å². The molecule has 2 aromatic heterocycles. The molecule has 10 aromatic carbocycles. The molecule has 0 atom stereocenters. The predicted molar refractivity (Wildman–Crippen MR) is 463 cm³/mol. The number of piperidine rings is 2. The molecule has 0 spiro atoms. The van der Waals surface area contributed by atoms with E-state index in [0.717, 1.165) is 37.1 Å². The molecule has 14 rings (SSSR count). The van der Waals surface area contributed by atoms with Gasteiger partial charge in [-0.3, -0.25) is 0 Å². The summed E-state index contributed by atoms with van der Waals surface area (Å²) in [6, 6.07) is 98.6. The molecule has 2 aliphatic heterocycles. The average molecular weight is 1450 g/mol. The lowest BCUT2D eigenvalue weighted by molar-refractivity contribution is -0.653. The van der Waals surface area contributed by atoms with Gasteiger partial charge in [0.05, 0.1) is 28.2 Å². The molecule has 0 radical (unpaired) electrons. The molecule has 0 saturated carbocycles. The van der Waals surface area contributed by atoms with Crippen molar-refractivity contribution in [2.75, 3.05) is 0 Å². The van der Waals surface area contributed by atoms with Crippen LogP contribution in [0.15, 0.2) is 292 Å². The van der Waals surface area contributed by atoms with Crippen molar-refractivity contribution in [3.8, 4) is 0 Å². The van der Waals surface area contributed by atoms with Gasteiger partial charge >= 0.3 is 0 Å². The molecule has 0 N–H and O–H groups in total. The van der Waals surface area contributed by atoms with Gasteiger partial charge in [0.15, 0.2) is 11.4 Å². The van der Waals surface area contributed by atoms with Crippen LogP contribution in [0.2, 0.25) is 0 Å². The van der Waals surface area contributed by atoms with E-state index in [1.54, 1.807) is 0 Å². The monoisotopic (exact) mass is 1450 g/mol. The highest BCUT2D eigenvalue weighted by molar-refractivity contribution is 6.75. The van der Waals surface area contributed by atoms with E-state index in [0.29, 0.717) is 0 Å². The summed E-state index contributed by atoms with van der Waals surface area (Å²) >= 11 is 0. The first-order chi connectivity index (χ1) is 52.5. The van der Waals surface area contributed by atoms with Crippen LogP contribution in [0.25, 0.3) is 10.5 Å². The summed E-state index contributed by atoms with van der Waals surface area (Å²) in [5, 5.41) is 12.6. The normalized spacial score (nSPS) is 15.7. The fourth-order valence-electron chi connectivity index (χ4n) is 18.8. The Labute approximate surface area is 661 Å². The Hall–Kier alpha value is -9.73. The smallest absolute Gasteiger partial charge is 0.261 e. The minimum atomic E-state index is -0.257. The highest BCUT2D eigenvalue weighted by Crippen LogP contribution is 2.53. The second kappa shape index (κ2) is 32.3. The first-order valence-electron chi connectivity index (χ1n) is 40.3. The van der Waals surface area contributed by atoms with E-state index in [-0.39, 0.29) is 70.6 Å². The largest absolute Gasteiger partial charge is 0.683 e. The van der Waals surface area contributed by atoms with E-state index >= 15 is 0 Å². The maximum absolute atomic E-state index is 6.29. The Morgan fingerprint density at radius 2 is 0.509 bits per heavy atom. The zero-order valence-electron chi connectivity index (χ0n) is 69.0. The van der Waals surface area contributed by atoms with Crippen LogP contribution in [0.4, 0.5) is 11.4 Å². The third-order valence-corrected chi connectivity index (χ3v) is 24.1. The summed E-state index contributed by atoms with van der Waals surface area (Å²) in [7, 11) is 8.72. The van der Waals surface area contributed by atoms with Gasteiger partial charge in [-0.1, -0.05) is 331 Å². The molecule has 10 heteroatoms. The van der Waals surface area contributed by atoms with Crippen molar-refractivity contribution in [2.45, 2.75) is 192 Å². The Kier molecular flexibility index (Phi) is 23.0. The first kappa shape index (κ1) is 78.4. The Balaban J connectivity index is 0.000000193. The van der Waals surface area contributed by atoms with E-state index in [2.05, 4.69) is 445 Å². The van der Waals surface area contributed by atoms with Crippen LogP contribution in [0.5, 0.6) is 0 Å². The third-order valence-electron chi connectivity index (χ3n) is 24.1. The van der Waals surface area contributed by atoms with Crippen molar-refractivity contribution in [2.24, 2.45) is 28.2 Å². The van der Waals surface area contributed by atoms with Crippen molar-refractivity contribution in [1.29, 1.82) is 0 Å². The predicted octanol–water partition coefficient (Wildman–Crippen LogP) is 21.9. The molecule has 8 nitrogen and oxygen atoms in total. The van der Waals surface area contributed by atoms with E-state index in [4.69, 9.17) is 10.5 Å². The zero-order valence-corrected chi connectivity index (χ0v) is 69.0. The molecule has 2 saturated heterocycles. The maximum Gasteiger partial charge on any atom is 0.261 e. The summed E-state index contributed by atoms with van der Waals surface area (Å²) in [6.07, 6.45) is 15.6. The number of imidazole rings is 2. The summed E-state index contributed by atoms with van der Waals surface area (Å²) in [5.74, 6) is -0.168. The van der Waals surface area contributed by atoms with Gasteiger partial charge in [0.1, 0.15) is 24.8 Å². The number of hydrogen-bond donors (Lipinski definition) is 0. The van der Waals surface area contributed by atoms with E-state index < -0.39 is 0 Å². The Morgan fingerprint density at radius 3 is 0.673 bits per heavy atom. The lowest BCUT2D eigenvalue weighted by atomic mass is 9.61. The average Bonchev–Trinajstić information content (AvgIpc) is 1.06. The molecule has 0 bridgehead atoms. The van der Waals surface area contributed by atoms with Gasteiger partial charge in [-0.15, -0.1) is 11.4 Å². The van der Waals surface area contributed by atoms with E-state index in [9.17, 15) is 0 Å². The summed E-state index contributed by atoms with van der Waals surface area (Å²) in [5.41, 5.74) is 21.6. The molecule has 2 fully saturated rings. The molecule has 110 heavy (non-hydrogen) atoms. The number of nitrogens with zero attached hydrogens (tertiary/aromatic N) is 8. The van der Waals surface area contributed by atoms with Crippen LogP contribution in [-0.4, -0.2) is 54.9 Å². The van der Waals surface area contributed by atoms with Crippen LogP contribution >= 0.6 is 0 Å². The van der Waals surface area contributed by atoms with Gasteiger partial charge in [-0.05, 0) is 160 Å². The lowest BCUT2D eigenvalue weighted by Gasteiger charge is -2.59. The van der Waals surface area contributed by atoms with Gasteiger partial charge in [0.2, 0.25) is 0 Å². The molecule has 2 aliphatic rings. The molecular formula is C100H118B2N8. The number of aromatic nitrogens is 4. The van der Waals surface area contributed by atoms with Gasteiger partial charge in [0.25, 0.3) is 14.0 Å². The SMILES string of the molecule is Cn1cc[n+](C)c1B([N-]c1c(C(c2ccccc2)c2ccccc2)cc(C(C)(C)C)cc1C(c1ccccc1)c1ccccc1)N1C(C)(C)CCCC1(C)C.Cn1cc[n+](C)c1B([N-]c1c(C(c2ccccc2)c2ccccc2)cc(C(C)(C)C)cc1C(c1ccccc1)c1ccccc1)N1C(C)(C)CCCC1(C)C. The number of rotatable bonds is 20. The quantitative estimate of drug-likeness (QED) is 0.0434. The molecule has 12 aromatic rings. The summed E-state index contributed by atoms with van der Waals surface area (Å²) < 4.78 is 9.15. The second-order valence-corrected chi connectivity index (χ2v) is 36.0. The minimum Gasteiger partial charge on any atom is -0.683 e. The zero-order chi connectivity index (χ0) is 77.9. The molecule has 564 valence electrons. The number of aryl methyl sites for hydroxylation is 4. The molecule has 0 amide bonds. The van der Waals surface area contributed by atoms with Gasteiger partial charge in [-0.2, -0.15) is 0 Å². The van der Waals surface area contributed by atoms with Crippen LogP contribution in [0.3, 0.4) is 0 Å². The maximum atomic E-state index is 6.29. The van der Waals surface area contributed by atoms with Gasteiger partial charge < -0.3 is 20.1 Å². The van der Waals surface area contributed by atoms with Crippen molar-refractivity contribution in [3.05, 3.63) is 380 Å². The molecular weight excluding hydrogens is 1330 g/mol. The second-order valence-electron chi connectivity index (χ2n) is 36.0. The highest BCUT2D eigenvalue weighted by atomic mass is 15.3. The Bertz CT molecular complexity index is 4250. The first-order valence-corrected chi connectivity index (χ1v) is 40.3. The van der Waals surface area contributed by atoms with Crippen LogP contribution in [-0.2, 0) is 39.0 Å². The summed E-state index contributed by atoms with van der Waals surface area (Å²) in [6.45, 7) is 33.0. The Morgan fingerprint density at radius 1 is 0.318 bits per heavy atom. The van der Waals surface area contributed by atoms with Crippen LogP contribution in [0, 0.1) is 0 Å². The molecule has 4 heterocycles. The number of hydrogen-bond acceptors (Lipinski definition) is 2. The molecule has 0 unspecified atom stereocenters. The van der Waals surface area contributed by atoms with Crippen molar-refractivity contribution >= 4 is 36.8 Å². The van der Waals surface area contributed by atoms with Gasteiger partial charge in [-0.25, -0.2) is 18.3 Å². The fourth-order valence-corrected chi connectivity index (χ4v) is 18.8. The third kappa shape index (κ3) is 16.7. The highest BCUT2D eigenvalue weighted by Gasteiger charge is 2.49. The lowest BCUT2D eigenvalue weighted by Crippen LogP contribution is -2.72. The summed E-state index contributed by atoms with van der Waals surface area (Å²) in [4.78, 5) is 5.48. The molecule has 0 aliphatic carbocycles. The number of benzene rings is 10. The van der Waals surface area contributed by atoms with Crippen molar-refractivity contribution < 1.29 is 9.13 Å². The van der Waals surface area contributed by atoms with Gasteiger partial charge in [0, 0.05) is 45.8 Å². The topological polar surface area (TPSA) is 52.3 Å². The minimum absolute atomic E-state index is 0.0421. The van der Waals surface area contributed by atoms with Crippen LogP contribution in [0.1, 0.15) is 237 Å². The van der Waals surface area contributed by atoms with E-state index in [1.165, 1.54) is 102 Å². The fraction of sp³-hybridized carbons (Fsp3) is 0.340. The van der Waals surface area contributed by atoms with Crippen molar-refractivity contribution in [1.82, 2.24) is 18.8 Å².